The predicted molar refractivity (Wildman–Crippen MR) is 111 cm³/mol. The van der Waals surface area contributed by atoms with Gasteiger partial charge in [0.25, 0.3) is 0 Å². The number of aliphatic hydroxyl groups is 1. The number of hydrogen-bond acceptors (Lipinski definition) is 3. The van der Waals surface area contributed by atoms with E-state index in [0.717, 1.165) is 19.0 Å². The van der Waals surface area contributed by atoms with Crippen LogP contribution >= 0.6 is 0 Å². The summed E-state index contributed by atoms with van der Waals surface area (Å²) in [6.07, 6.45) is 6.74. The second kappa shape index (κ2) is 8.57. The molecule has 1 aliphatic heterocycles. The van der Waals surface area contributed by atoms with Gasteiger partial charge in [-0.2, -0.15) is 0 Å². The third-order valence-corrected chi connectivity index (χ3v) is 6.13. The summed E-state index contributed by atoms with van der Waals surface area (Å²) in [6.45, 7) is 9.80. The Morgan fingerprint density at radius 3 is 2.41 bits per heavy atom. The van der Waals surface area contributed by atoms with Crippen molar-refractivity contribution < 1.29 is 9.90 Å². The minimum absolute atomic E-state index is 0.131. The van der Waals surface area contributed by atoms with Crippen molar-refractivity contribution in [3.63, 3.8) is 0 Å². The van der Waals surface area contributed by atoms with Gasteiger partial charge in [0.2, 0.25) is 5.91 Å². The average Bonchev–Trinajstić information content (AvgIpc) is 3.43. The molecule has 27 heavy (non-hydrogen) atoms. The van der Waals surface area contributed by atoms with Crippen LogP contribution in [-0.2, 0) is 4.79 Å². The van der Waals surface area contributed by atoms with Crippen molar-refractivity contribution in [3.8, 4) is 0 Å². The summed E-state index contributed by atoms with van der Waals surface area (Å²) in [4.78, 5) is 16.6. The molecule has 4 heteroatoms. The van der Waals surface area contributed by atoms with E-state index in [2.05, 4.69) is 49.1 Å². The monoisotopic (exact) mass is 370 g/mol. The molecule has 148 valence electrons. The number of amides is 1. The SMILES string of the molecule is C/C=C/c1ccc([C@H]2[C@@H](CO)N(CC3CC3)[C@@H]2CN(C(C)=O)C(C)C)cc1. The van der Waals surface area contributed by atoms with E-state index in [1.807, 2.05) is 17.9 Å². The Morgan fingerprint density at radius 2 is 1.93 bits per heavy atom. The van der Waals surface area contributed by atoms with Crippen LogP contribution < -0.4 is 0 Å². The largest absolute Gasteiger partial charge is 0.395 e. The Kier molecular flexibility index (Phi) is 6.38. The van der Waals surface area contributed by atoms with Crippen LogP contribution in [0.15, 0.2) is 30.3 Å². The van der Waals surface area contributed by atoms with Gasteiger partial charge in [-0.1, -0.05) is 36.4 Å². The normalized spacial score (nSPS) is 25.8. The molecule has 0 bridgehead atoms. The summed E-state index contributed by atoms with van der Waals surface area (Å²) in [7, 11) is 0. The molecule has 1 N–H and O–H groups in total. The Morgan fingerprint density at radius 1 is 1.26 bits per heavy atom. The van der Waals surface area contributed by atoms with Crippen molar-refractivity contribution in [2.24, 2.45) is 5.92 Å². The maximum absolute atomic E-state index is 12.2. The van der Waals surface area contributed by atoms with Gasteiger partial charge in [0.05, 0.1) is 6.61 Å². The molecule has 3 atom stereocenters. The first kappa shape index (κ1) is 20.1. The van der Waals surface area contributed by atoms with E-state index < -0.39 is 0 Å². The number of carbonyl (C=O) groups excluding carboxylic acids is 1. The molecule has 0 radical (unpaired) electrons. The summed E-state index contributed by atoms with van der Waals surface area (Å²) in [5, 5.41) is 10.1. The highest BCUT2D eigenvalue weighted by Gasteiger charge is 2.50. The molecular weight excluding hydrogens is 336 g/mol. The van der Waals surface area contributed by atoms with E-state index in [9.17, 15) is 9.90 Å². The Balaban J connectivity index is 1.84. The number of aliphatic hydroxyl groups excluding tert-OH is 1. The van der Waals surface area contributed by atoms with Gasteiger partial charge in [0, 0.05) is 44.1 Å². The van der Waals surface area contributed by atoms with Gasteiger partial charge in [-0.25, -0.2) is 0 Å². The molecule has 1 aliphatic carbocycles. The Labute approximate surface area is 163 Å². The first-order chi connectivity index (χ1) is 13.0. The van der Waals surface area contributed by atoms with E-state index in [1.165, 1.54) is 24.0 Å². The average molecular weight is 371 g/mol. The van der Waals surface area contributed by atoms with Gasteiger partial charge < -0.3 is 10.0 Å². The number of hydrogen-bond donors (Lipinski definition) is 1. The highest BCUT2D eigenvalue weighted by Crippen LogP contribution is 2.44. The zero-order chi connectivity index (χ0) is 19.6. The first-order valence-electron chi connectivity index (χ1n) is 10.3. The zero-order valence-corrected chi connectivity index (χ0v) is 17.1. The van der Waals surface area contributed by atoms with Gasteiger partial charge in [-0.15, -0.1) is 0 Å². The number of nitrogens with zero attached hydrogens (tertiary/aromatic N) is 2. The van der Waals surface area contributed by atoms with Crippen LogP contribution in [0.2, 0.25) is 0 Å². The molecular formula is C23H34N2O2. The van der Waals surface area contributed by atoms with Crippen LogP contribution in [0.4, 0.5) is 0 Å². The quantitative estimate of drug-likeness (QED) is 0.761. The van der Waals surface area contributed by atoms with Crippen molar-refractivity contribution in [1.29, 1.82) is 0 Å². The summed E-state index contributed by atoms with van der Waals surface area (Å²) >= 11 is 0. The lowest BCUT2D eigenvalue weighted by atomic mass is 9.74. The van der Waals surface area contributed by atoms with Crippen LogP contribution in [0.25, 0.3) is 6.08 Å². The van der Waals surface area contributed by atoms with Gasteiger partial charge in [-0.3, -0.25) is 9.69 Å². The highest BCUT2D eigenvalue weighted by atomic mass is 16.3. The molecule has 1 aromatic rings. The summed E-state index contributed by atoms with van der Waals surface area (Å²) in [5.41, 5.74) is 2.46. The van der Waals surface area contributed by atoms with Crippen molar-refractivity contribution in [2.75, 3.05) is 19.7 Å². The second-order valence-electron chi connectivity index (χ2n) is 8.42. The van der Waals surface area contributed by atoms with Crippen molar-refractivity contribution >= 4 is 12.0 Å². The second-order valence-corrected chi connectivity index (χ2v) is 8.42. The standard InChI is InChI=1S/C23H34N2O2/c1-5-6-18-9-11-20(12-10-18)23-21(14-24(16(2)3)17(4)27)25(22(23)15-26)13-19-7-8-19/h5-6,9-12,16,19,21-23,26H,7-8,13-15H2,1-4H3/b6-5+/t21-,22-,23-/m1/s1. The summed E-state index contributed by atoms with van der Waals surface area (Å²) < 4.78 is 0. The number of rotatable bonds is 8. The molecule has 0 unspecified atom stereocenters. The van der Waals surface area contributed by atoms with Gasteiger partial charge in [0.1, 0.15) is 0 Å². The van der Waals surface area contributed by atoms with Crippen molar-refractivity contribution in [3.05, 3.63) is 41.5 Å². The fourth-order valence-electron chi connectivity index (χ4n) is 4.49. The van der Waals surface area contributed by atoms with E-state index in [0.29, 0.717) is 0 Å². The van der Waals surface area contributed by atoms with Crippen molar-refractivity contribution in [1.82, 2.24) is 9.80 Å². The van der Waals surface area contributed by atoms with Crippen molar-refractivity contribution in [2.45, 2.75) is 64.6 Å². The topological polar surface area (TPSA) is 43.8 Å². The molecule has 1 amide bonds. The third-order valence-electron chi connectivity index (χ3n) is 6.13. The Hall–Kier alpha value is -1.65. The van der Waals surface area contributed by atoms with Gasteiger partial charge in [0.15, 0.2) is 0 Å². The maximum Gasteiger partial charge on any atom is 0.219 e. The van der Waals surface area contributed by atoms with Gasteiger partial charge in [-0.05, 0) is 50.7 Å². The summed E-state index contributed by atoms with van der Waals surface area (Å²) in [6, 6.07) is 9.31. The molecule has 0 aromatic heterocycles. The minimum atomic E-state index is 0.131. The van der Waals surface area contributed by atoms with E-state index in [1.54, 1.807) is 6.92 Å². The van der Waals surface area contributed by atoms with Crippen LogP contribution in [0, 0.1) is 5.92 Å². The lowest BCUT2D eigenvalue weighted by Gasteiger charge is -2.56. The lowest BCUT2D eigenvalue weighted by Crippen LogP contribution is -2.67. The Bertz CT molecular complexity index is 663. The van der Waals surface area contributed by atoms with Crippen LogP contribution in [-0.4, -0.2) is 58.6 Å². The molecule has 2 aliphatic rings. The molecule has 1 heterocycles. The number of allylic oxidation sites excluding steroid dienone is 1. The van der Waals surface area contributed by atoms with E-state index in [4.69, 9.17) is 0 Å². The molecule has 3 rings (SSSR count). The number of benzene rings is 1. The van der Waals surface area contributed by atoms with Crippen LogP contribution in [0.3, 0.4) is 0 Å². The molecule has 0 spiro atoms. The highest BCUT2D eigenvalue weighted by molar-refractivity contribution is 5.73. The van der Waals surface area contributed by atoms with E-state index in [-0.39, 0.29) is 36.6 Å². The minimum Gasteiger partial charge on any atom is -0.395 e. The molecule has 1 aromatic carbocycles. The summed E-state index contributed by atoms with van der Waals surface area (Å²) in [5.74, 6) is 1.17. The fraction of sp³-hybridized carbons (Fsp3) is 0.609. The smallest absolute Gasteiger partial charge is 0.219 e. The number of likely N-dealkylation sites (tertiary alicyclic amines) is 1. The van der Waals surface area contributed by atoms with Gasteiger partial charge >= 0.3 is 0 Å². The lowest BCUT2D eigenvalue weighted by molar-refractivity contribution is -0.134. The van der Waals surface area contributed by atoms with E-state index >= 15 is 0 Å². The predicted octanol–water partition coefficient (Wildman–Crippen LogP) is 3.52. The van der Waals surface area contributed by atoms with Crippen LogP contribution in [0.5, 0.6) is 0 Å². The molecule has 2 fully saturated rings. The number of carbonyl (C=O) groups is 1. The molecule has 1 saturated carbocycles. The maximum atomic E-state index is 12.2. The van der Waals surface area contributed by atoms with Crippen LogP contribution in [0.1, 0.15) is 57.6 Å². The fourth-order valence-corrected chi connectivity index (χ4v) is 4.49. The zero-order valence-electron chi connectivity index (χ0n) is 17.1. The third kappa shape index (κ3) is 4.44. The molecule has 1 saturated heterocycles. The molecule has 4 nitrogen and oxygen atoms in total. The first-order valence-corrected chi connectivity index (χ1v) is 10.3.